The third-order valence-electron chi connectivity index (χ3n) is 4.72. The van der Waals surface area contributed by atoms with E-state index in [1.54, 1.807) is 18.2 Å². The topological polar surface area (TPSA) is 127 Å². The van der Waals surface area contributed by atoms with Gasteiger partial charge in [-0.15, -0.1) is 0 Å². The zero-order valence-electron chi connectivity index (χ0n) is 18.1. The van der Waals surface area contributed by atoms with Gasteiger partial charge in [0.2, 0.25) is 5.75 Å². The second kappa shape index (κ2) is 11.6. The molecule has 0 saturated carbocycles. The van der Waals surface area contributed by atoms with Gasteiger partial charge in [0, 0.05) is 19.6 Å². The van der Waals surface area contributed by atoms with Gasteiger partial charge in [0.15, 0.2) is 17.6 Å². The van der Waals surface area contributed by atoms with Gasteiger partial charge in [0.05, 0.1) is 40.6 Å². The molecule has 0 heterocycles. The fourth-order valence-electron chi connectivity index (χ4n) is 3.24. The molecule has 0 bridgehead atoms. The monoisotopic (exact) mass is 438 g/mol. The number of aliphatic hydroxyl groups is 3. The van der Waals surface area contributed by atoms with Crippen LogP contribution >= 0.6 is 0 Å². The van der Waals surface area contributed by atoms with Crippen LogP contribution in [-0.2, 0) is 11.2 Å². The van der Waals surface area contributed by atoms with Crippen molar-refractivity contribution in [1.29, 1.82) is 0 Å². The zero-order valence-corrected chi connectivity index (χ0v) is 18.1. The molecular weight excluding hydrogens is 408 g/mol. The van der Waals surface area contributed by atoms with Crippen molar-refractivity contribution in [3.8, 4) is 28.7 Å². The van der Waals surface area contributed by atoms with Gasteiger partial charge in [-0.3, -0.25) is 0 Å². The Morgan fingerprint density at radius 2 is 1.48 bits per heavy atom. The summed E-state index contributed by atoms with van der Waals surface area (Å²) in [6, 6.07) is 7.94. The van der Waals surface area contributed by atoms with E-state index in [-0.39, 0.29) is 24.5 Å². The third-order valence-corrected chi connectivity index (χ3v) is 4.72. The summed E-state index contributed by atoms with van der Waals surface area (Å²) in [6.07, 6.45) is -2.37. The quantitative estimate of drug-likeness (QED) is 0.389. The van der Waals surface area contributed by atoms with Crippen molar-refractivity contribution in [2.75, 3.05) is 41.7 Å². The van der Waals surface area contributed by atoms with Crippen LogP contribution in [0.5, 0.6) is 28.7 Å². The van der Waals surface area contributed by atoms with Crippen molar-refractivity contribution >= 4 is 0 Å². The van der Waals surface area contributed by atoms with E-state index in [0.717, 1.165) is 0 Å². The summed E-state index contributed by atoms with van der Waals surface area (Å²) in [6.45, 7) is -0.786. The van der Waals surface area contributed by atoms with Crippen LogP contribution in [0.1, 0.15) is 17.2 Å². The molecule has 0 fully saturated rings. The molecule has 0 radical (unpaired) electrons. The Morgan fingerprint density at radius 3 is 1.97 bits per heavy atom. The number of benzene rings is 2. The third kappa shape index (κ3) is 6.14. The number of aromatic hydroxyl groups is 1. The van der Waals surface area contributed by atoms with Crippen LogP contribution in [0.4, 0.5) is 0 Å². The SMILES string of the molecule is COc1cc(O)cc([C@H](OC)[C@@H](CO)Oc2c(OC)cc(C[C@H](O)CO)cc2OC)c1. The molecular formula is C22H30O9. The van der Waals surface area contributed by atoms with Crippen LogP contribution in [-0.4, -0.2) is 74.3 Å². The van der Waals surface area contributed by atoms with E-state index >= 15 is 0 Å². The maximum Gasteiger partial charge on any atom is 0.204 e. The van der Waals surface area contributed by atoms with Gasteiger partial charge in [0.1, 0.15) is 17.6 Å². The van der Waals surface area contributed by atoms with Crippen LogP contribution < -0.4 is 18.9 Å². The lowest BCUT2D eigenvalue weighted by Crippen LogP contribution is -2.31. The van der Waals surface area contributed by atoms with E-state index in [9.17, 15) is 15.3 Å². The molecule has 0 aliphatic rings. The van der Waals surface area contributed by atoms with E-state index in [2.05, 4.69) is 0 Å². The van der Waals surface area contributed by atoms with Crippen molar-refractivity contribution in [3.05, 3.63) is 41.5 Å². The maximum absolute atomic E-state index is 10.0. The van der Waals surface area contributed by atoms with E-state index in [0.29, 0.717) is 28.4 Å². The average molecular weight is 438 g/mol. The standard InChI is InChI=1S/C22H30O9/c1-27-17-9-14(8-15(25)10-17)21(30-4)20(12-24)31-22-18(28-2)6-13(5-16(26)11-23)7-19(22)29-3/h6-10,16,20-21,23-26H,5,11-12H2,1-4H3/t16-,20+,21-/m0/s1. The molecule has 31 heavy (non-hydrogen) atoms. The minimum atomic E-state index is -0.926. The fraction of sp³-hybridized carbons (Fsp3) is 0.455. The second-order valence-corrected chi connectivity index (χ2v) is 6.83. The predicted molar refractivity (Wildman–Crippen MR) is 112 cm³/mol. The van der Waals surface area contributed by atoms with Crippen LogP contribution in [0.2, 0.25) is 0 Å². The van der Waals surface area contributed by atoms with E-state index in [1.165, 1.54) is 40.6 Å². The smallest absolute Gasteiger partial charge is 0.204 e. The number of phenols is 1. The highest BCUT2D eigenvalue weighted by Gasteiger charge is 2.28. The molecule has 0 aliphatic heterocycles. The molecule has 0 spiro atoms. The van der Waals surface area contributed by atoms with E-state index in [4.69, 9.17) is 28.8 Å². The summed E-state index contributed by atoms with van der Waals surface area (Å²) >= 11 is 0. The normalized spacial score (nSPS) is 13.9. The number of methoxy groups -OCH3 is 4. The van der Waals surface area contributed by atoms with Gasteiger partial charge >= 0.3 is 0 Å². The lowest BCUT2D eigenvalue weighted by atomic mass is 10.0. The van der Waals surface area contributed by atoms with Gasteiger partial charge in [-0.2, -0.15) is 0 Å². The van der Waals surface area contributed by atoms with Crippen molar-refractivity contribution in [2.45, 2.75) is 24.7 Å². The molecule has 9 nitrogen and oxygen atoms in total. The predicted octanol–water partition coefficient (Wildman–Crippen LogP) is 1.44. The molecule has 2 aromatic rings. The number of ether oxygens (including phenoxy) is 5. The molecule has 2 aromatic carbocycles. The molecule has 0 unspecified atom stereocenters. The van der Waals surface area contributed by atoms with E-state index < -0.39 is 24.9 Å². The first-order valence-electron chi connectivity index (χ1n) is 9.62. The lowest BCUT2D eigenvalue weighted by molar-refractivity contribution is -0.0274. The Morgan fingerprint density at radius 1 is 0.839 bits per heavy atom. The summed E-state index contributed by atoms with van der Waals surface area (Å²) in [5.74, 6) is 1.29. The van der Waals surface area contributed by atoms with Gasteiger partial charge in [-0.25, -0.2) is 0 Å². The molecule has 0 aliphatic carbocycles. The highest BCUT2D eigenvalue weighted by atomic mass is 16.6. The van der Waals surface area contributed by atoms with Crippen LogP contribution in [0.15, 0.2) is 30.3 Å². The van der Waals surface area contributed by atoms with Gasteiger partial charge < -0.3 is 44.1 Å². The Balaban J connectivity index is 2.42. The van der Waals surface area contributed by atoms with Gasteiger partial charge in [-0.05, 0) is 35.4 Å². The van der Waals surface area contributed by atoms with Crippen LogP contribution in [0.3, 0.4) is 0 Å². The largest absolute Gasteiger partial charge is 0.508 e. The first kappa shape index (κ1) is 24.5. The maximum atomic E-state index is 10.0. The Labute approximate surface area is 181 Å². The Bertz CT molecular complexity index is 815. The molecule has 0 amide bonds. The summed E-state index contributed by atoms with van der Waals surface area (Å²) in [5.41, 5.74) is 1.21. The van der Waals surface area contributed by atoms with Crippen molar-refractivity contribution in [3.63, 3.8) is 0 Å². The van der Waals surface area contributed by atoms with Gasteiger partial charge in [-0.1, -0.05) is 0 Å². The Kier molecular flexibility index (Phi) is 9.20. The molecule has 3 atom stereocenters. The summed E-state index contributed by atoms with van der Waals surface area (Å²) in [7, 11) is 5.85. The molecule has 172 valence electrons. The minimum absolute atomic E-state index is 0.0185. The fourth-order valence-corrected chi connectivity index (χ4v) is 3.24. The summed E-state index contributed by atoms with van der Waals surface area (Å²) in [4.78, 5) is 0. The van der Waals surface area contributed by atoms with Crippen LogP contribution in [0, 0.1) is 0 Å². The van der Waals surface area contributed by atoms with Crippen LogP contribution in [0.25, 0.3) is 0 Å². The first-order valence-corrected chi connectivity index (χ1v) is 9.62. The van der Waals surface area contributed by atoms with Crippen molar-refractivity contribution in [1.82, 2.24) is 0 Å². The minimum Gasteiger partial charge on any atom is -0.508 e. The van der Waals surface area contributed by atoms with Crippen molar-refractivity contribution < 1.29 is 44.1 Å². The molecule has 0 aromatic heterocycles. The molecule has 4 N–H and O–H groups in total. The van der Waals surface area contributed by atoms with Gasteiger partial charge in [0.25, 0.3) is 0 Å². The number of hydrogen-bond donors (Lipinski definition) is 4. The molecule has 9 heteroatoms. The summed E-state index contributed by atoms with van der Waals surface area (Å²) in [5, 5.41) is 38.9. The summed E-state index contributed by atoms with van der Waals surface area (Å²) < 4.78 is 27.7. The Hall–Kier alpha value is -2.72. The number of aliphatic hydroxyl groups excluding tert-OH is 3. The zero-order chi connectivity index (χ0) is 23.0. The number of rotatable bonds is 12. The highest BCUT2D eigenvalue weighted by molar-refractivity contribution is 5.54. The van der Waals surface area contributed by atoms with E-state index in [1.807, 2.05) is 0 Å². The second-order valence-electron chi connectivity index (χ2n) is 6.83. The average Bonchev–Trinajstić information content (AvgIpc) is 2.78. The number of hydrogen-bond acceptors (Lipinski definition) is 9. The lowest BCUT2D eigenvalue weighted by Gasteiger charge is -2.28. The number of phenolic OH excluding ortho intramolecular Hbond substituents is 1. The molecule has 0 saturated heterocycles. The van der Waals surface area contributed by atoms with Crippen molar-refractivity contribution in [2.24, 2.45) is 0 Å². The first-order chi connectivity index (χ1) is 14.9. The highest BCUT2D eigenvalue weighted by Crippen LogP contribution is 2.41. The molecule has 2 rings (SSSR count).